The lowest BCUT2D eigenvalue weighted by atomic mass is 9.92. The standard InChI is InChI=1S/C11H10BrClO2/c1-6-4-9(13)8(12)5-7(6)11(2-3-11)10(14)15/h4-5H,2-3H2,1H3,(H,14,15). The van der Waals surface area contributed by atoms with E-state index in [1.165, 1.54) is 0 Å². The highest BCUT2D eigenvalue weighted by molar-refractivity contribution is 9.10. The highest BCUT2D eigenvalue weighted by Crippen LogP contribution is 2.50. The molecule has 0 unspecified atom stereocenters. The van der Waals surface area contributed by atoms with Crippen LogP contribution in [0.15, 0.2) is 16.6 Å². The second-order valence-corrected chi connectivity index (χ2v) is 5.23. The summed E-state index contributed by atoms with van der Waals surface area (Å²) in [5.74, 6) is -0.736. The fourth-order valence-electron chi connectivity index (χ4n) is 1.89. The first-order valence-electron chi connectivity index (χ1n) is 4.67. The first-order valence-corrected chi connectivity index (χ1v) is 5.84. The Kier molecular flexibility index (Phi) is 2.55. The van der Waals surface area contributed by atoms with Gasteiger partial charge in [-0.2, -0.15) is 0 Å². The maximum absolute atomic E-state index is 11.2. The van der Waals surface area contributed by atoms with Crippen molar-refractivity contribution in [3.05, 3.63) is 32.8 Å². The lowest BCUT2D eigenvalue weighted by Gasteiger charge is -2.14. The molecule has 1 saturated carbocycles. The maximum Gasteiger partial charge on any atom is 0.314 e. The van der Waals surface area contributed by atoms with Gasteiger partial charge in [-0.15, -0.1) is 0 Å². The summed E-state index contributed by atoms with van der Waals surface area (Å²) in [6.45, 7) is 1.90. The molecule has 0 bridgehead atoms. The average Bonchev–Trinajstić information content (AvgIpc) is 2.92. The number of aryl methyl sites for hydroxylation is 1. The number of carbonyl (C=O) groups is 1. The Morgan fingerprint density at radius 2 is 2.13 bits per heavy atom. The second kappa shape index (κ2) is 3.49. The zero-order valence-electron chi connectivity index (χ0n) is 8.18. The van der Waals surface area contributed by atoms with Gasteiger partial charge in [0.15, 0.2) is 0 Å². The molecule has 1 N–H and O–H groups in total. The smallest absolute Gasteiger partial charge is 0.314 e. The SMILES string of the molecule is Cc1cc(Cl)c(Br)cc1C1(C(=O)O)CC1. The van der Waals surface area contributed by atoms with Crippen molar-refractivity contribution in [2.75, 3.05) is 0 Å². The van der Waals surface area contributed by atoms with Crippen LogP contribution in [-0.2, 0) is 10.2 Å². The molecule has 1 aromatic rings. The molecular weight excluding hydrogens is 279 g/mol. The fraction of sp³-hybridized carbons (Fsp3) is 0.364. The lowest BCUT2D eigenvalue weighted by Crippen LogP contribution is -2.20. The van der Waals surface area contributed by atoms with Gasteiger partial charge in [0.1, 0.15) is 0 Å². The molecule has 1 aromatic carbocycles. The van der Waals surface area contributed by atoms with Crippen molar-refractivity contribution in [1.82, 2.24) is 0 Å². The van der Waals surface area contributed by atoms with Crippen LogP contribution >= 0.6 is 27.5 Å². The van der Waals surface area contributed by atoms with Gasteiger partial charge in [0.2, 0.25) is 0 Å². The van der Waals surface area contributed by atoms with Crippen LogP contribution in [0.5, 0.6) is 0 Å². The normalized spacial score (nSPS) is 17.5. The van der Waals surface area contributed by atoms with Crippen LogP contribution in [0.1, 0.15) is 24.0 Å². The monoisotopic (exact) mass is 288 g/mol. The molecule has 1 aliphatic rings. The Labute approximate surface area is 101 Å². The van der Waals surface area contributed by atoms with Gasteiger partial charge in [-0.1, -0.05) is 11.6 Å². The summed E-state index contributed by atoms with van der Waals surface area (Å²) in [6, 6.07) is 3.64. The van der Waals surface area contributed by atoms with Crippen LogP contribution in [0, 0.1) is 6.92 Å². The van der Waals surface area contributed by atoms with Crippen molar-refractivity contribution in [3.63, 3.8) is 0 Å². The molecule has 0 saturated heterocycles. The van der Waals surface area contributed by atoms with Crippen molar-refractivity contribution in [2.24, 2.45) is 0 Å². The molecule has 0 aliphatic heterocycles. The van der Waals surface area contributed by atoms with Crippen LogP contribution in [-0.4, -0.2) is 11.1 Å². The van der Waals surface area contributed by atoms with E-state index in [1.807, 2.05) is 19.1 Å². The van der Waals surface area contributed by atoms with Gasteiger partial charge in [0.05, 0.1) is 10.4 Å². The summed E-state index contributed by atoms with van der Waals surface area (Å²) < 4.78 is 0.761. The van der Waals surface area contributed by atoms with E-state index in [2.05, 4.69) is 15.9 Å². The molecule has 1 aliphatic carbocycles. The molecule has 80 valence electrons. The topological polar surface area (TPSA) is 37.3 Å². The summed E-state index contributed by atoms with van der Waals surface area (Å²) in [4.78, 5) is 11.2. The molecule has 0 amide bonds. The quantitative estimate of drug-likeness (QED) is 0.904. The highest BCUT2D eigenvalue weighted by Gasteiger charge is 2.52. The number of carboxylic acid groups (broad SMARTS) is 1. The van der Waals surface area contributed by atoms with Gasteiger partial charge >= 0.3 is 5.97 Å². The Morgan fingerprint density at radius 3 is 2.60 bits per heavy atom. The highest BCUT2D eigenvalue weighted by atomic mass is 79.9. The van der Waals surface area contributed by atoms with Crippen LogP contribution < -0.4 is 0 Å². The minimum Gasteiger partial charge on any atom is -0.481 e. The van der Waals surface area contributed by atoms with Gasteiger partial charge in [-0.3, -0.25) is 4.79 Å². The van der Waals surface area contributed by atoms with Crippen LogP contribution in [0.3, 0.4) is 0 Å². The first-order chi connectivity index (χ1) is 6.97. The summed E-state index contributed by atoms with van der Waals surface area (Å²) >= 11 is 9.27. The van der Waals surface area contributed by atoms with Crippen LogP contribution in [0.4, 0.5) is 0 Å². The number of benzene rings is 1. The third-order valence-electron chi connectivity index (χ3n) is 2.94. The summed E-state index contributed by atoms with van der Waals surface area (Å²) in [5, 5.41) is 9.82. The predicted octanol–water partition coefficient (Wildman–Crippen LogP) is 3.53. The van der Waals surface area contributed by atoms with E-state index < -0.39 is 11.4 Å². The van der Waals surface area contributed by atoms with E-state index >= 15 is 0 Å². The lowest BCUT2D eigenvalue weighted by molar-refractivity contribution is -0.140. The Balaban J connectivity index is 2.54. The third kappa shape index (κ3) is 1.68. The van der Waals surface area contributed by atoms with Crippen molar-refractivity contribution >= 4 is 33.5 Å². The van der Waals surface area contributed by atoms with Crippen molar-refractivity contribution in [2.45, 2.75) is 25.2 Å². The zero-order valence-corrected chi connectivity index (χ0v) is 10.5. The molecule has 2 nitrogen and oxygen atoms in total. The minimum atomic E-state index is -0.736. The molecular formula is C11H10BrClO2. The summed E-state index contributed by atoms with van der Waals surface area (Å²) in [6.07, 6.45) is 1.44. The van der Waals surface area contributed by atoms with E-state index in [1.54, 1.807) is 0 Å². The second-order valence-electron chi connectivity index (χ2n) is 3.97. The van der Waals surface area contributed by atoms with Crippen molar-refractivity contribution < 1.29 is 9.90 Å². The van der Waals surface area contributed by atoms with Gasteiger partial charge in [0.25, 0.3) is 0 Å². The largest absolute Gasteiger partial charge is 0.481 e. The number of carboxylic acids is 1. The molecule has 0 heterocycles. The Hall–Kier alpha value is -0.540. The van der Waals surface area contributed by atoms with Crippen LogP contribution in [0.25, 0.3) is 0 Å². The molecule has 15 heavy (non-hydrogen) atoms. The van der Waals surface area contributed by atoms with Crippen molar-refractivity contribution in [3.8, 4) is 0 Å². The van der Waals surface area contributed by atoms with E-state index in [0.717, 1.165) is 28.4 Å². The summed E-state index contributed by atoms with van der Waals surface area (Å²) in [7, 11) is 0. The third-order valence-corrected chi connectivity index (χ3v) is 4.14. The van der Waals surface area contributed by atoms with E-state index in [0.29, 0.717) is 5.02 Å². The number of rotatable bonds is 2. The Bertz CT molecular complexity index is 438. The van der Waals surface area contributed by atoms with E-state index in [9.17, 15) is 9.90 Å². The zero-order chi connectivity index (χ0) is 11.2. The molecule has 0 spiro atoms. The molecule has 0 atom stereocenters. The predicted molar refractivity (Wildman–Crippen MR) is 62.4 cm³/mol. The van der Waals surface area contributed by atoms with Crippen molar-refractivity contribution in [1.29, 1.82) is 0 Å². The van der Waals surface area contributed by atoms with E-state index in [4.69, 9.17) is 11.6 Å². The van der Waals surface area contributed by atoms with Gasteiger partial charge in [-0.05, 0) is 59.0 Å². The van der Waals surface area contributed by atoms with Gasteiger partial charge in [0, 0.05) is 4.47 Å². The fourth-order valence-corrected chi connectivity index (χ4v) is 2.45. The number of aliphatic carboxylic acids is 1. The Morgan fingerprint density at radius 1 is 1.53 bits per heavy atom. The van der Waals surface area contributed by atoms with Crippen LogP contribution in [0.2, 0.25) is 5.02 Å². The molecule has 0 radical (unpaired) electrons. The number of hydrogen-bond donors (Lipinski definition) is 1. The molecule has 4 heteroatoms. The summed E-state index contributed by atoms with van der Waals surface area (Å²) in [5.41, 5.74) is 1.17. The first kappa shape index (κ1) is 11.0. The van der Waals surface area contributed by atoms with Gasteiger partial charge < -0.3 is 5.11 Å². The minimum absolute atomic E-state index is 0.623. The number of halogens is 2. The van der Waals surface area contributed by atoms with Gasteiger partial charge in [-0.25, -0.2) is 0 Å². The molecule has 2 rings (SSSR count). The molecule has 1 fully saturated rings. The average molecular weight is 290 g/mol. The molecule has 0 aromatic heterocycles. The maximum atomic E-state index is 11.2. The van der Waals surface area contributed by atoms with E-state index in [-0.39, 0.29) is 0 Å². The number of hydrogen-bond acceptors (Lipinski definition) is 1.